The van der Waals surface area contributed by atoms with Crippen molar-refractivity contribution in [2.45, 2.75) is 26.7 Å². The number of aromatic carboxylic acids is 1. The first-order valence-electron chi connectivity index (χ1n) is 5.83. The van der Waals surface area contributed by atoms with E-state index in [1.807, 2.05) is 13.8 Å². The van der Waals surface area contributed by atoms with Gasteiger partial charge in [0.25, 0.3) is 0 Å². The molecule has 1 amide bonds. The van der Waals surface area contributed by atoms with E-state index in [1.165, 1.54) is 6.07 Å². The molecule has 0 atom stereocenters. The number of rotatable bonds is 5. The summed E-state index contributed by atoms with van der Waals surface area (Å²) in [6, 6.07) is 3.54. The number of hydrogen-bond donors (Lipinski definition) is 2. The molecule has 0 bridgehead atoms. The molecule has 1 aromatic carbocycles. The summed E-state index contributed by atoms with van der Waals surface area (Å²) in [6.45, 7) is 3.81. The molecule has 0 heterocycles. The molecule has 0 aliphatic carbocycles. The van der Waals surface area contributed by atoms with Gasteiger partial charge in [-0.25, -0.2) is 9.18 Å². The molecule has 0 radical (unpaired) electrons. The topological polar surface area (TPSA) is 66.4 Å². The molecule has 1 rings (SSSR count). The van der Waals surface area contributed by atoms with Gasteiger partial charge in [-0.2, -0.15) is 0 Å². The van der Waals surface area contributed by atoms with Gasteiger partial charge in [-0.1, -0.05) is 13.8 Å². The summed E-state index contributed by atoms with van der Waals surface area (Å²) in [5, 5.41) is 11.3. The number of halogens is 1. The summed E-state index contributed by atoms with van der Waals surface area (Å²) in [5.41, 5.74) is -0.134. The van der Waals surface area contributed by atoms with E-state index in [9.17, 15) is 14.0 Å². The molecule has 0 aromatic heterocycles. The van der Waals surface area contributed by atoms with E-state index in [0.29, 0.717) is 12.8 Å². The highest BCUT2D eigenvalue weighted by Gasteiger charge is 2.16. The van der Waals surface area contributed by atoms with E-state index in [-0.39, 0.29) is 17.5 Å². The number of carboxylic acid groups (broad SMARTS) is 1. The Morgan fingerprint density at radius 1 is 1.33 bits per heavy atom. The smallest absolute Gasteiger partial charge is 0.338 e. The second-order valence-corrected chi connectivity index (χ2v) is 4.00. The SMILES string of the molecule is CCC(CC)C(=O)Nc1ccc(C(=O)O)c(F)c1. The predicted octanol–water partition coefficient (Wildman–Crippen LogP) is 2.90. The van der Waals surface area contributed by atoms with Crippen molar-refractivity contribution in [3.05, 3.63) is 29.6 Å². The molecule has 1 aromatic rings. The molecule has 0 saturated carbocycles. The molecule has 0 fully saturated rings. The number of nitrogens with one attached hydrogen (secondary N) is 1. The van der Waals surface area contributed by atoms with Crippen LogP contribution in [0.1, 0.15) is 37.0 Å². The standard InChI is InChI=1S/C13H16FNO3/c1-3-8(4-2)12(16)15-9-5-6-10(13(17)18)11(14)7-9/h5-8H,3-4H2,1-2H3,(H,15,16)(H,17,18). The number of carbonyl (C=O) groups excluding carboxylic acids is 1. The Bertz CT molecular complexity index is 456. The van der Waals surface area contributed by atoms with E-state index in [2.05, 4.69) is 5.32 Å². The molecular formula is C13H16FNO3. The van der Waals surface area contributed by atoms with Crippen LogP contribution in [0.15, 0.2) is 18.2 Å². The molecule has 98 valence electrons. The average molecular weight is 253 g/mol. The average Bonchev–Trinajstić information content (AvgIpc) is 2.30. The first-order valence-corrected chi connectivity index (χ1v) is 5.83. The lowest BCUT2D eigenvalue weighted by molar-refractivity contribution is -0.120. The van der Waals surface area contributed by atoms with Gasteiger partial charge in [0.15, 0.2) is 0 Å². The second kappa shape index (κ2) is 6.14. The van der Waals surface area contributed by atoms with Crippen LogP contribution < -0.4 is 5.32 Å². The predicted molar refractivity (Wildman–Crippen MR) is 66.1 cm³/mol. The third-order valence-corrected chi connectivity index (χ3v) is 2.82. The van der Waals surface area contributed by atoms with E-state index in [1.54, 1.807) is 0 Å². The van der Waals surface area contributed by atoms with Gasteiger partial charge in [-0.15, -0.1) is 0 Å². The highest BCUT2D eigenvalue weighted by atomic mass is 19.1. The Morgan fingerprint density at radius 3 is 2.39 bits per heavy atom. The van der Waals surface area contributed by atoms with E-state index in [4.69, 9.17) is 5.11 Å². The van der Waals surface area contributed by atoms with Crippen LogP contribution in [0, 0.1) is 11.7 Å². The Kier molecular flexibility index (Phi) is 4.83. The van der Waals surface area contributed by atoms with Gasteiger partial charge >= 0.3 is 5.97 Å². The van der Waals surface area contributed by atoms with Crippen molar-refractivity contribution in [3.8, 4) is 0 Å². The van der Waals surface area contributed by atoms with Crippen molar-refractivity contribution in [2.75, 3.05) is 5.32 Å². The summed E-state index contributed by atoms with van der Waals surface area (Å²) in [7, 11) is 0. The van der Waals surface area contributed by atoms with Crippen LogP contribution in [0.3, 0.4) is 0 Å². The van der Waals surface area contributed by atoms with Crippen LogP contribution in [0.25, 0.3) is 0 Å². The second-order valence-electron chi connectivity index (χ2n) is 4.00. The lowest BCUT2D eigenvalue weighted by Gasteiger charge is -2.13. The number of anilines is 1. The van der Waals surface area contributed by atoms with E-state index >= 15 is 0 Å². The van der Waals surface area contributed by atoms with Crippen molar-refractivity contribution in [1.29, 1.82) is 0 Å². The Hall–Kier alpha value is -1.91. The van der Waals surface area contributed by atoms with Gasteiger partial charge in [0.2, 0.25) is 5.91 Å². The Balaban J connectivity index is 2.83. The van der Waals surface area contributed by atoms with Crippen molar-refractivity contribution in [2.24, 2.45) is 5.92 Å². The van der Waals surface area contributed by atoms with Gasteiger partial charge in [0.05, 0.1) is 5.56 Å². The fourth-order valence-electron chi connectivity index (χ4n) is 1.67. The largest absolute Gasteiger partial charge is 0.478 e. The van der Waals surface area contributed by atoms with Crippen molar-refractivity contribution in [1.82, 2.24) is 0 Å². The number of benzene rings is 1. The summed E-state index contributed by atoms with van der Waals surface area (Å²) >= 11 is 0. The number of carboxylic acids is 1. The molecule has 0 aliphatic heterocycles. The number of amides is 1. The molecule has 0 unspecified atom stereocenters. The number of carbonyl (C=O) groups is 2. The monoisotopic (exact) mass is 253 g/mol. The van der Waals surface area contributed by atoms with Gasteiger partial charge in [0.1, 0.15) is 5.82 Å². The zero-order chi connectivity index (χ0) is 13.7. The zero-order valence-electron chi connectivity index (χ0n) is 10.4. The van der Waals surface area contributed by atoms with Gasteiger partial charge < -0.3 is 10.4 Å². The van der Waals surface area contributed by atoms with E-state index < -0.39 is 17.3 Å². The summed E-state index contributed by atoms with van der Waals surface area (Å²) in [6.07, 6.45) is 1.41. The van der Waals surface area contributed by atoms with Crippen molar-refractivity contribution in [3.63, 3.8) is 0 Å². The van der Waals surface area contributed by atoms with Gasteiger partial charge in [0, 0.05) is 11.6 Å². The normalized spacial score (nSPS) is 10.4. The lowest BCUT2D eigenvalue weighted by Crippen LogP contribution is -2.21. The van der Waals surface area contributed by atoms with Gasteiger partial charge in [-0.3, -0.25) is 4.79 Å². The van der Waals surface area contributed by atoms with Crippen LogP contribution in [0.5, 0.6) is 0 Å². The highest BCUT2D eigenvalue weighted by Crippen LogP contribution is 2.17. The Labute approximate surface area is 105 Å². The minimum atomic E-state index is -1.33. The summed E-state index contributed by atoms with van der Waals surface area (Å²) < 4.78 is 13.4. The molecule has 18 heavy (non-hydrogen) atoms. The first-order chi connectivity index (χ1) is 8.49. The van der Waals surface area contributed by atoms with E-state index in [0.717, 1.165) is 12.1 Å². The summed E-state index contributed by atoms with van der Waals surface area (Å²) in [4.78, 5) is 22.4. The lowest BCUT2D eigenvalue weighted by atomic mass is 10.0. The minimum Gasteiger partial charge on any atom is -0.478 e. The van der Waals surface area contributed by atoms with Crippen LogP contribution in [0.4, 0.5) is 10.1 Å². The quantitative estimate of drug-likeness (QED) is 0.847. The van der Waals surface area contributed by atoms with Crippen LogP contribution in [0.2, 0.25) is 0 Å². The third kappa shape index (κ3) is 3.29. The minimum absolute atomic E-state index is 0.118. The van der Waals surface area contributed by atoms with Crippen LogP contribution in [-0.2, 0) is 4.79 Å². The van der Waals surface area contributed by atoms with Crippen LogP contribution in [-0.4, -0.2) is 17.0 Å². The Morgan fingerprint density at radius 2 is 1.94 bits per heavy atom. The maximum absolute atomic E-state index is 13.4. The fourth-order valence-corrected chi connectivity index (χ4v) is 1.67. The zero-order valence-corrected chi connectivity index (χ0v) is 10.4. The number of hydrogen-bond acceptors (Lipinski definition) is 2. The molecule has 2 N–H and O–H groups in total. The molecule has 5 heteroatoms. The summed E-state index contributed by atoms with van der Waals surface area (Å²) in [5.74, 6) is -2.48. The van der Waals surface area contributed by atoms with Crippen molar-refractivity contribution >= 4 is 17.6 Å². The molecule has 0 saturated heterocycles. The fraction of sp³-hybridized carbons (Fsp3) is 0.385. The molecule has 0 aliphatic rings. The maximum Gasteiger partial charge on any atom is 0.338 e. The first kappa shape index (κ1) is 14.2. The molecule has 0 spiro atoms. The molecular weight excluding hydrogens is 237 g/mol. The van der Waals surface area contributed by atoms with Gasteiger partial charge in [-0.05, 0) is 31.0 Å². The molecule has 4 nitrogen and oxygen atoms in total. The third-order valence-electron chi connectivity index (χ3n) is 2.82. The maximum atomic E-state index is 13.4. The van der Waals surface area contributed by atoms with Crippen molar-refractivity contribution < 1.29 is 19.1 Å². The van der Waals surface area contributed by atoms with Crippen LogP contribution >= 0.6 is 0 Å². The highest BCUT2D eigenvalue weighted by molar-refractivity contribution is 5.93.